The Hall–Kier alpha value is -1.06. The Labute approximate surface area is 83.6 Å². The molecule has 1 saturated heterocycles. The van der Waals surface area contributed by atoms with Crippen molar-refractivity contribution in [1.29, 1.82) is 0 Å². The van der Waals surface area contributed by atoms with Crippen molar-refractivity contribution in [2.24, 2.45) is 5.92 Å². The van der Waals surface area contributed by atoms with E-state index in [0.717, 1.165) is 18.9 Å². The van der Waals surface area contributed by atoms with Gasteiger partial charge >= 0.3 is 6.03 Å². The predicted molar refractivity (Wildman–Crippen MR) is 51.7 cm³/mol. The van der Waals surface area contributed by atoms with E-state index in [0.29, 0.717) is 13.0 Å². The van der Waals surface area contributed by atoms with Crippen LogP contribution < -0.4 is 5.32 Å². The maximum Gasteiger partial charge on any atom is 0.324 e. The van der Waals surface area contributed by atoms with E-state index in [2.05, 4.69) is 5.32 Å². The maximum atomic E-state index is 11.3. The minimum Gasteiger partial charge on any atom is -0.324 e. The normalized spacial score (nSPS) is 22.4. The largest absolute Gasteiger partial charge is 0.324 e. The van der Waals surface area contributed by atoms with E-state index < -0.39 is 0 Å². The smallest absolute Gasteiger partial charge is 0.324 e. The molecule has 1 N–H and O–H groups in total. The van der Waals surface area contributed by atoms with E-state index in [4.69, 9.17) is 0 Å². The average Bonchev–Trinajstić information content (AvgIpc) is 2.92. The summed E-state index contributed by atoms with van der Waals surface area (Å²) in [5.74, 6) is 0.776. The summed E-state index contributed by atoms with van der Waals surface area (Å²) in [6, 6.07) is -0.211. The molecule has 14 heavy (non-hydrogen) atoms. The number of imide groups is 1. The van der Waals surface area contributed by atoms with Crippen LogP contribution in [0.2, 0.25) is 0 Å². The molecule has 0 atom stereocenters. The van der Waals surface area contributed by atoms with E-state index in [9.17, 15) is 9.59 Å². The van der Waals surface area contributed by atoms with E-state index in [1.54, 1.807) is 4.90 Å². The summed E-state index contributed by atoms with van der Waals surface area (Å²) in [7, 11) is 0. The summed E-state index contributed by atoms with van der Waals surface area (Å²) in [6.07, 6.45) is 5.49. The van der Waals surface area contributed by atoms with Gasteiger partial charge in [0.05, 0.1) is 0 Å². The molecule has 0 aromatic carbocycles. The third kappa shape index (κ3) is 2.47. The molecule has 0 spiro atoms. The van der Waals surface area contributed by atoms with Crippen LogP contribution in [0.1, 0.15) is 32.1 Å². The molecule has 1 aliphatic heterocycles. The van der Waals surface area contributed by atoms with Crippen molar-refractivity contribution in [3.05, 3.63) is 0 Å². The topological polar surface area (TPSA) is 49.4 Å². The molecular weight excluding hydrogens is 180 g/mol. The van der Waals surface area contributed by atoms with Gasteiger partial charge in [-0.2, -0.15) is 0 Å². The van der Waals surface area contributed by atoms with Crippen molar-refractivity contribution < 1.29 is 9.59 Å². The zero-order valence-corrected chi connectivity index (χ0v) is 8.29. The lowest BCUT2D eigenvalue weighted by atomic mass is 10.2. The molecule has 0 unspecified atom stereocenters. The fraction of sp³-hybridized carbons (Fsp3) is 0.800. The highest BCUT2D eigenvalue weighted by molar-refractivity contribution is 5.96. The molecule has 0 bridgehead atoms. The highest BCUT2D eigenvalue weighted by Gasteiger charge is 2.24. The van der Waals surface area contributed by atoms with Gasteiger partial charge in [-0.15, -0.1) is 0 Å². The van der Waals surface area contributed by atoms with Crippen LogP contribution in [0.5, 0.6) is 0 Å². The van der Waals surface area contributed by atoms with Gasteiger partial charge < -0.3 is 4.90 Å². The van der Waals surface area contributed by atoms with Gasteiger partial charge in [0, 0.05) is 19.5 Å². The van der Waals surface area contributed by atoms with E-state index in [1.807, 2.05) is 0 Å². The van der Waals surface area contributed by atoms with Gasteiger partial charge in [-0.1, -0.05) is 12.8 Å². The lowest BCUT2D eigenvalue weighted by Crippen LogP contribution is -2.49. The Morgan fingerprint density at radius 1 is 1.36 bits per heavy atom. The first-order valence-corrected chi connectivity index (χ1v) is 5.34. The summed E-state index contributed by atoms with van der Waals surface area (Å²) in [5, 5.41) is 2.33. The van der Waals surface area contributed by atoms with Gasteiger partial charge in [0.25, 0.3) is 0 Å². The lowest BCUT2D eigenvalue weighted by molar-refractivity contribution is -0.121. The summed E-state index contributed by atoms with van der Waals surface area (Å²) >= 11 is 0. The molecule has 1 aliphatic carbocycles. The minimum absolute atomic E-state index is 0.145. The number of urea groups is 1. The van der Waals surface area contributed by atoms with Crippen LogP contribution in [0.25, 0.3) is 0 Å². The molecule has 1 saturated carbocycles. The monoisotopic (exact) mass is 196 g/mol. The number of hydrogen-bond acceptors (Lipinski definition) is 2. The third-order valence-corrected chi connectivity index (χ3v) is 2.88. The SMILES string of the molecule is O=C1CCN(CCCC2CC2)C(=O)N1. The van der Waals surface area contributed by atoms with Crippen LogP contribution >= 0.6 is 0 Å². The predicted octanol–water partition coefficient (Wildman–Crippen LogP) is 1.12. The molecule has 78 valence electrons. The first kappa shape index (κ1) is 9.49. The van der Waals surface area contributed by atoms with Gasteiger partial charge in [0.15, 0.2) is 0 Å². The Bertz CT molecular complexity index is 249. The quantitative estimate of drug-likeness (QED) is 0.732. The van der Waals surface area contributed by atoms with Crippen molar-refractivity contribution in [3.8, 4) is 0 Å². The molecule has 0 radical (unpaired) electrons. The number of carbonyl (C=O) groups is 2. The van der Waals surface area contributed by atoms with Gasteiger partial charge in [-0.25, -0.2) is 4.79 Å². The number of nitrogens with zero attached hydrogens (tertiary/aromatic N) is 1. The molecule has 0 aromatic heterocycles. The highest BCUT2D eigenvalue weighted by Crippen LogP contribution is 2.33. The Kier molecular flexibility index (Phi) is 2.70. The van der Waals surface area contributed by atoms with Crippen LogP contribution in [0.15, 0.2) is 0 Å². The summed E-state index contributed by atoms with van der Waals surface area (Å²) in [6.45, 7) is 1.39. The van der Waals surface area contributed by atoms with E-state index in [1.165, 1.54) is 19.3 Å². The standard InChI is InChI=1S/C10H16N2O2/c13-9-5-7-12(10(14)11-9)6-1-2-8-3-4-8/h8H,1-7H2,(H,11,13,14). The van der Waals surface area contributed by atoms with Crippen molar-refractivity contribution in [3.63, 3.8) is 0 Å². The van der Waals surface area contributed by atoms with Crippen molar-refractivity contribution >= 4 is 11.9 Å². The lowest BCUT2D eigenvalue weighted by Gasteiger charge is -2.26. The molecule has 3 amide bonds. The number of nitrogens with one attached hydrogen (secondary N) is 1. The van der Waals surface area contributed by atoms with E-state index >= 15 is 0 Å². The number of amides is 3. The van der Waals surface area contributed by atoms with Gasteiger partial charge in [-0.05, 0) is 18.8 Å². The molecule has 2 aliphatic rings. The first-order chi connectivity index (χ1) is 6.75. The Morgan fingerprint density at radius 2 is 2.14 bits per heavy atom. The second kappa shape index (κ2) is 3.98. The van der Waals surface area contributed by atoms with Crippen molar-refractivity contribution in [2.75, 3.05) is 13.1 Å². The maximum absolute atomic E-state index is 11.3. The highest BCUT2D eigenvalue weighted by atomic mass is 16.2. The second-order valence-electron chi connectivity index (χ2n) is 4.18. The molecule has 2 rings (SSSR count). The van der Waals surface area contributed by atoms with E-state index in [-0.39, 0.29) is 11.9 Å². The number of carbonyl (C=O) groups excluding carboxylic acids is 2. The summed E-state index contributed by atoms with van der Waals surface area (Å²) in [4.78, 5) is 23.9. The fourth-order valence-electron chi connectivity index (χ4n) is 1.79. The average molecular weight is 196 g/mol. The minimum atomic E-state index is -0.211. The second-order valence-corrected chi connectivity index (χ2v) is 4.18. The van der Waals surface area contributed by atoms with Crippen LogP contribution in [0.4, 0.5) is 4.79 Å². The zero-order chi connectivity index (χ0) is 9.97. The van der Waals surface area contributed by atoms with Crippen LogP contribution in [-0.4, -0.2) is 29.9 Å². The first-order valence-electron chi connectivity index (χ1n) is 5.34. The third-order valence-electron chi connectivity index (χ3n) is 2.88. The van der Waals surface area contributed by atoms with Gasteiger partial charge in [0.2, 0.25) is 5.91 Å². The molecule has 4 heteroatoms. The zero-order valence-electron chi connectivity index (χ0n) is 8.29. The molecule has 0 aromatic rings. The molecule has 1 heterocycles. The van der Waals surface area contributed by atoms with Crippen molar-refractivity contribution in [1.82, 2.24) is 10.2 Å². The van der Waals surface area contributed by atoms with Crippen LogP contribution in [-0.2, 0) is 4.79 Å². The number of rotatable bonds is 4. The molecular formula is C10H16N2O2. The Balaban J connectivity index is 1.68. The summed E-state index contributed by atoms with van der Waals surface area (Å²) in [5.41, 5.74) is 0. The van der Waals surface area contributed by atoms with Crippen LogP contribution in [0, 0.1) is 5.92 Å². The number of hydrogen-bond donors (Lipinski definition) is 1. The van der Waals surface area contributed by atoms with Crippen molar-refractivity contribution in [2.45, 2.75) is 32.1 Å². The fourth-order valence-corrected chi connectivity index (χ4v) is 1.79. The Morgan fingerprint density at radius 3 is 2.79 bits per heavy atom. The molecule has 4 nitrogen and oxygen atoms in total. The summed E-state index contributed by atoms with van der Waals surface area (Å²) < 4.78 is 0. The molecule has 2 fully saturated rings. The van der Waals surface area contributed by atoms with Crippen LogP contribution in [0.3, 0.4) is 0 Å². The van der Waals surface area contributed by atoms with Gasteiger partial charge in [0.1, 0.15) is 0 Å². The van der Waals surface area contributed by atoms with Gasteiger partial charge in [-0.3, -0.25) is 10.1 Å².